The molecule has 0 saturated carbocycles. The Balaban J connectivity index is 2.22. The first-order chi connectivity index (χ1) is 13.4. The molecule has 29 heavy (non-hydrogen) atoms. The van der Waals surface area contributed by atoms with Crippen LogP contribution < -0.4 is 5.32 Å². The van der Waals surface area contributed by atoms with Gasteiger partial charge in [0.15, 0.2) is 11.0 Å². The van der Waals surface area contributed by atoms with Gasteiger partial charge in [-0.25, -0.2) is 0 Å². The standard InChI is InChI=1S/C20H25F3N4OS/c1-6-11-27-16(14-7-9-15(10-8-14)19(3,4)5)25-26-18(27)29-13(2)17(28)24-12-20(21,22)23/h6-10,13H,1,11-12H2,2-5H3,(H,24,28). The molecule has 1 heterocycles. The second-order valence-corrected chi connectivity index (χ2v) is 8.93. The number of allylic oxidation sites excluding steroid dienone is 1. The van der Waals surface area contributed by atoms with Crippen molar-refractivity contribution in [3.05, 3.63) is 42.5 Å². The highest BCUT2D eigenvalue weighted by Gasteiger charge is 2.29. The number of aromatic nitrogens is 3. The highest BCUT2D eigenvalue weighted by atomic mass is 32.2. The minimum atomic E-state index is -4.45. The van der Waals surface area contributed by atoms with Crippen molar-refractivity contribution in [1.82, 2.24) is 20.1 Å². The van der Waals surface area contributed by atoms with Crippen LogP contribution in [0.3, 0.4) is 0 Å². The molecule has 1 aromatic heterocycles. The monoisotopic (exact) mass is 426 g/mol. The van der Waals surface area contributed by atoms with Crippen LogP contribution in [0.4, 0.5) is 13.2 Å². The van der Waals surface area contributed by atoms with E-state index in [0.717, 1.165) is 17.3 Å². The molecule has 2 aromatic rings. The molecule has 1 unspecified atom stereocenters. The van der Waals surface area contributed by atoms with Crippen LogP contribution in [0.5, 0.6) is 0 Å². The van der Waals surface area contributed by atoms with Crippen molar-refractivity contribution in [3.63, 3.8) is 0 Å². The van der Waals surface area contributed by atoms with Crippen LogP contribution in [0.15, 0.2) is 42.1 Å². The molecule has 1 amide bonds. The summed E-state index contributed by atoms with van der Waals surface area (Å²) in [5.41, 5.74) is 2.06. The Bertz CT molecular complexity index is 854. The van der Waals surface area contributed by atoms with Gasteiger partial charge in [0, 0.05) is 12.1 Å². The average Bonchev–Trinajstić information content (AvgIpc) is 3.01. The van der Waals surface area contributed by atoms with E-state index in [1.807, 2.05) is 29.6 Å². The number of thioether (sulfide) groups is 1. The molecular weight excluding hydrogens is 401 g/mol. The van der Waals surface area contributed by atoms with Gasteiger partial charge in [-0.3, -0.25) is 9.36 Å². The predicted molar refractivity (Wildman–Crippen MR) is 109 cm³/mol. The molecule has 0 spiro atoms. The quantitative estimate of drug-likeness (QED) is 0.520. The number of hydrogen-bond donors (Lipinski definition) is 1. The summed E-state index contributed by atoms with van der Waals surface area (Å²) < 4.78 is 38.7. The molecule has 9 heteroatoms. The molecule has 158 valence electrons. The number of nitrogens with one attached hydrogen (secondary N) is 1. The van der Waals surface area contributed by atoms with E-state index in [9.17, 15) is 18.0 Å². The minimum absolute atomic E-state index is 0.0214. The second-order valence-electron chi connectivity index (χ2n) is 7.63. The number of amides is 1. The first-order valence-corrected chi connectivity index (χ1v) is 9.96. The van der Waals surface area contributed by atoms with E-state index in [2.05, 4.69) is 37.5 Å². The molecule has 0 bridgehead atoms. The minimum Gasteiger partial charge on any atom is -0.346 e. The van der Waals surface area contributed by atoms with Crippen molar-refractivity contribution in [1.29, 1.82) is 0 Å². The largest absolute Gasteiger partial charge is 0.405 e. The van der Waals surface area contributed by atoms with Gasteiger partial charge < -0.3 is 5.32 Å². The number of rotatable bonds is 7. The van der Waals surface area contributed by atoms with Crippen molar-refractivity contribution in [2.24, 2.45) is 0 Å². The molecule has 5 nitrogen and oxygen atoms in total. The van der Waals surface area contributed by atoms with Gasteiger partial charge in [0.05, 0.1) is 5.25 Å². The third-order valence-electron chi connectivity index (χ3n) is 4.15. The molecule has 2 rings (SSSR count). The second kappa shape index (κ2) is 9.02. The molecule has 0 fully saturated rings. The van der Waals surface area contributed by atoms with Crippen molar-refractivity contribution in [2.75, 3.05) is 6.54 Å². The smallest absolute Gasteiger partial charge is 0.346 e. The van der Waals surface area contributed by atoms with Crippen LogP contribution in [0.2, 0.25) is 0 Å². The molecule has 1 atom stereocenters. The van der Waals surface area contributed by atoms with Crippen LogP contribution in [0.25, 0.3) is 11.4 Å². The lowest BCUT2D eigenvalue weighted by Crippen LogP contribution is -2.38. The zero-order valence-corrected chi connectivity index (χ0v) is 17.7. The Kier molecular flexibility index (Phi) is 7.15. The third-order valence-corrected chi connectivity index (χ3v) is 5.23. The van der Waals surface area contributed by atoms with E-state index in [4.69, 9.17) is 0 Å². The number of benzene rings is 1. The topological polar surface area (TPSA) is 59.8 Å². The number of nitrogens with zero attached hydrogens (tertiary/aromatic N) is 3. The van der Waals surface area contributed by atoms with Gasteiger partial charge >= 0.3 is 6.18 Å². The van der Waals surface area contributed by atoms with Crippen molar-refractivity contribution in [3.8, 4) is 11.4 Å². The maximum absolute atomic E-state index is 12.3. The van der Waals surface area contributed by atoms with Gasteiger partial charge in [-0.2, -0.15) is 13.2 Å². The highest BCUT2D eigenvalue weighted by molar-refractivity contribution is 8.00. The van der Waals surface area contributed by atoms with E-state index in [1.165, 1.54) is 12.5 Å². The molecule has 0 radical (unpaired) electrons. The first-order valence-electron chi connectivity index (χ1n) is 9.08. The Hall–Kier alpha value is -2.29. The summed E-state index contributed by atoms with van der Waals surface area (Å²) in [7, 11) is 0. The molecular formula is C20H25F3N4OS. The van der Waals surface area contributed by atoms with E-state index >= 15 is 0 Å². The number of hydrogen-bond acceptors (Lipinski definition) is 4. The fourth-order valence-corrected chi connectivity index (χ4v) is 3.43. The summed E-state index contributed by atoms with van der Waals surface area (Å²) >= 11 is 1.05. The van der Waals surface area contributed by atoms with Crippen LogP contribution in [0.1, 0.15) is 33.3 Å². The van der Waals surface area contributed by atoms with Crippen molar-refractivity contribution >= 4 is 17.7 Å². The summed E-state index contributed by atoms with van der Waals surface area (Å²) in [6.07, 6.45) is -2.77. The Morgan fingerprint density at radius 1 is 1.24 bits per heavy atom. The zero-order valence-electron chi connectivity index (χ0n) is 16.9. The summed E-state index contributed by atoms with van der Waals surface area (Å²) in [4.78, 5) is 12.0. The summed E-state index contributed by atoms with van der Waals surface area (Å²) in [5.74, 6) is -0.104. The summed E-state index contributed by atoms with van der Waals surface area (Å²) in [6.45, 7) is 10.7. The predicted octanol–water partition coefficient (Wildman–Crippen LogP) is 4.59. The van der Waals surface area contributed by atoms with Crippen LogP contribution in [0, 0.1) is 0 Å². The maximum atomic E-state index is 12.3. The number of carbonyl (C=O) groups is 1. The average molecular weight is 427 g/mol. The lowest BCUT2D eigenvalue weighted by atomic mass is 9.87. The number of carbonyl (C=O) groups excluding carboxylic acids is 1. The fourth-order valence-electron chi connectivity index (χ4n) is 2.55. The fraction of sp³-hybridized carbons (Fsp3) is 0.450. The lowest BCUT2D eigenvalue weighted by Gasteiger charge is -2.19. The molecule has 1 aromatic carbocycles. The van der Waals surface area contributed by atoms with Crippen LogP contribution in [-0.2, 0) is 16.8 Å². The van der Waals surface area contributed by atoms with Crippen LogP contribution >= 0.6 is 11.8 Å². The van der Waals surface area contributed by atoms with Gasteiger partial charge in [0.2, 0.25) is 5.91 Å². The Morgan fingerprint density at radius 2 is 1.86 bits per heavy atom. The highest BCUT2D eigenvalue weighted by Crippen LogP contribution is 2.29. The summed E-state index contributed by atoms with van der Waals surface area (Å²) in [5, 5.41) is 9.93. The van der Waals surface area contributed by atoms with Gasteiger partial charge in [0.1, 0.15) is 6.54 Å². The summed E-state index contributed by atoms with van der Waals surface area (Å²) in [6, 6.07) is 7.97. The van der Waals surface area contributed by atoms with E-state index < -0.39 is 23.9 Å². The van der Waals surface area contributed by atoms with E-state index in [-0.39, 0.29) is 5.41 Å². The SMILES string of the molecule is C=CCn1c(SC(C)C(=O)NCC(F)(F)F)nnc1-c1ccc(C(C)(C)C)cc1. The van der Waals surface area contributed by atoms with Gasteiger partial charge in [0.25, 0.3) is 0 Å². The van der Waals surface area contributed by atoms with Crippen molar-refractivity contribution < 1.29 is 18.0 Å². The van der Waals surface area contributed by atoms with Crippen LogP contribution in [-0.4, -0.2) is 38.6 Å². The first kappa shape index (κ1) is 23.0. The Labute approximate surface area is 172 Å². The number of halogens is 3. The molecule has 0 aliphatic carbocycles. The molecule has 0 saturated heterocycles. The molecule has 0 aliphatic rings. The van der Waals surface area contributed by atoms with E-state index in [0.29, 0.717) is 17.5 Å². The Morgan fingerprint density at radius 3 is 2.38 bits per heavy atom. The van der Waals surface area contributed by atoms with Gasteiger partial charge in [-0.1, -0.05) is 62.9 Å². The van der Waals surface area contributed by atoms with E-state index in [1.54, 1.807) is 10.6 Å². The normalized spacial score (nSPS) is 13.2. The zero-order chi connectivity index (χ0) is 21.8. The third kappa shape index (κ3) is 6.35. The molecule has 1 N–H and O–H groups in total. The van der Waals surface area contributed by atoms with Gasteiger partial charge in [-0.05, 0) is 17.9 Å². The van der Waals surface area contributed by atoms with Gasteiger partial charge in [-0.15, -0.1) is 16.8 Å². The lowest BCUT2D eigenvalue weighted by molar-refractivity contribution is -0.137. The molecule has 0 aliphatic heterocycles. The maximum Gasteiger partial charge on any atom is 0.405 e. The number of alkyl halides is 3. The van der Waals surface area contributed by atoms with Crippen molar-refractivity contribution in [2.45, 2.75) is 56.2 Å².